The summed E-state index contributed by atoms with van der Waals surface area (Å²) in [6.07, 6.45) is 0. The van der Waals surface area contributed by atoms with Crippen LogP contribution in [-0.2, 0) is 22.4 Å². The van der Waals surface area contributed by atoms with Gasteiger partial charge in [0.25, 0.3) is 0 Å². The molecule has 0 fully saturated rings. The smallest absolute Gasteiger partial charge is 0.122 e. The fourth-order valence-electron chi connectivity index (χ4n) is 0.0354. The Labute approximate surface area is 51.9 Å². The fraction of sp³-hybridized carbons (Fsp3) is 0.333. The van der Waals surface area contributed by atoms with Gasteiger partial charge in [0.2, 0.25) is 0 Å². The second-order valence-corrected chi connectivity index (χ2v) is 0.493. The molecule has 2 nitrogen and oxygen atoms in total. The average Bonchev–Trinajstić information content (AvgIpc) is 1.41. The molecule has 0 saturated carbocycles. The van der Waals surface area contributed by atoms with Gasteiger partial charge in [-0.2, -0.15) is 10.5 Å². The van der Waals surface area contributed by atoms with Crippen molar-refractivity contribution in [2.45, 2.75) is 6.42 Å². The first-order valence-electron chi connectivity index (χ1n) is 1.15. The summed E-state index contributed by atoms with van der Waals surface area (Å²) in [4.78, 5) is 0. The van der Waals surface area contributed by atoms with Gasteiger partial charge in [0.1, 0.15) is 6.42 Å². The first-order chi connectivity index (χ1) is 2.41. The van der Waals surface area contributed by atoms with Crippen molar-refractivity contribution in [3.8, 4) is 12.1 Å². The average molecular weight is 263 g/mol. The molecule has 0 aromatic rings. The molecule has 3 heteroatoms. The van der Waals surface area contributed by atoms with Crippen LogP contribution in [0, 0.1) is 22.7 Å². The molecule has 35 valence electrons. The summed E-state index contributed by atoms with van der Waals surface area (Å²) in [5.41, 5.74) is 0. The Balaban J connectivity index is 0. The standard InChI is InChI=1S/C3H2N2.Au/c4-2-1-3-5;/h1H2;. The van der Waals surface area contributed by atoms with Crippen LogP contribution in [0.1, 0.15) is 6.42 Å². The Hall–Kier alpha value is -0.280. The molecule has 0 aliphatic heterocycles. The van der Waals surface area contributed by atoms with Crippen LogP contribution in [-0.4, -0.2) is 0 Å². The van der Waals surface area contributed by atoms with E-state index in [0.29, 0.717) is 0 Å². The van der Waals surface area contributed by atoms with Crippen molar-refractivity contribution in [1.82, 2.24) is 0 Å². The summed E-state index contributed by atoms with van der Waals surface area (Å²) in [7, 11) is 0. The minimum atomic E-state index is 0. The molecule has 0 unspecified atom stereocenters. The van der Waals surface area contributed by atoms with Gasteiger partial charge in [0.15, 0.2) is 0 Å². The molecule has 0 aromatic carbocycles. The molecule has 0 heterocycles. The molecule has 0 aromatic heterocycles. The molecule has 0 atom stereocenters. The van der Waals surface area contributed by atoms with E-state index in [2.05, 4.69) is 0 Å². The van der Waals surface area contributed by atoms with Crippen LogP contribution in [0.5, 0.6) is 0 Å². The quantitative estimate of drug-likeness (QED) is 0.595. The Morgan fingerprint density at radius 2 is 1.50 bits per heavy atom. The summed E-state index contributed by atoms with van der Waals surface area (Å²) in [5.74, 6) is 0. The van der Waals surface area contributed by atoms with E-state index in [0.717, 1.165) is 0 Å². The number of nitriles is 2. The molecule has 0 spiro atoms. The first kappa shape index (κ1) is 9.21. The van der Waals surface area contributed by atoms with Gasteiger partial charge in [0, 0.05) is 22.4 Å². The molecule has 0 saturated heterocycles. The van der Waals surface area contributed by atoms with E-state index in [1.54, 1.807) is 12.1 Å². The van der Waals surface area contributed by atoms with E-state index in [1.165, 1.54) is 0 Å². The molecule has 0 rings (SSSR count). The number of hydrogen-bond donors (Lipinski definition) is 0. The van der Waals surface area contributed by atoms with Crippen LogP contribution >= 0.6 is 0 Å². The van der Waals surface area contributed by atoms with Gasteiger partial charge in [-0.1, -0.05) is 0 Å². The Morgan fingerprint density at radius 3 is 1.50 bits per heavy atom. The fourth-order valence-corrected chi connectivity index (χ4v) is 0.0354. The minimum Gasteiger partial charge on any atom is -0.197 e. The van der Waals surface area contributed by atoms with Crippen LogP contribution in [0.4, 0.5) is 0 Å². The van der Waals surface area contributed by atoms with Crippen molar-refractivity contribution in [2.75, 3.05) is 0 Å². The van der Waals surface area contributed by atoms with E-state index in [1.807, 2.05) is 0 Å². The van der Waals surface area contributed by atoms with E-state index in [-0.39, 0.29) is 28.8 Å². The first-order valence-corrected chi connectivity index (χ1v) is 1.15. The van der Waals surface area contributed by atoms with Crippen molar-refractivity contribution in [2.24, 2.45) is 0 Å². The molecule has 6 heavy (non-hydrogen) atoms. The normalized spacial score (nSPS) is 3.67. The molecule has 0 N–H and O–H groups in total. The van der Waals surface area contributed by atoms with Gasteiger partial charge in [-0.05, 0) is 0 Å². The second kappa shape index (κ2) is 8.83. The van der Waals surface area contributed by atoms with E-state index < -0.39 is 0 Å². The third-order valence-corrected chi connectivity index (χ3v) is 0.158. The summed E-state index contributed by atoms with van der Waals surface area (Å²) < 4.78 is 0. The van der Waals surface area contributed by atoms with Gasteiger partial charge < -0.3 is 0 Å². The Kier molecular flexibility index (Phi) is 13.6. The van der Waals surface area contributed by atoms with Crippen LogP contribution in [0.2, 0.25) is 0 Å². The third kappa shape index (κ3) is 9.30. The molecular formula is C3H2AuN2. The van der Waals surface area contributed by atoms with Crippen molar-refractivity contribution >= 4 is 0 Å². The number of rotatable bonds is 0. The molecule has 0 aliphatic carbocycles. The largest absolute Gasteiger partial charge is 0.197 e. The van der Waals surface area contributed by atoms with Gasteiger partial charge in [-0.25, -0.2) is 0 Å². The Morgan fingerprint density at radius 1 is 1.17 bits per heavy atom. The van der Waals surface area contributed by atoms with Crippen molar-refractivity contribution in [3.05, 3.63) is 0 Å². The van der Waals surface area contributed by atoms with E-state index in [4.69, 9.17) is 10.5 Å². The second-order valence-electron chi connectivity index (χ2n) is 0.493. The minimum absolute atomic E-state index is 0. The van der Waals surface area contributed by atoms with E-state index in [9.17, 15) is 0 Å². The zero-order valence-corrected chi connectivity index (χ0v) is 5.07. The van der Waals surface area contributed by atoms with Crippen molar-refractivity contribution in [3.63, 3.8) is 0 Å². The number of nitrogens with zero attached hydrogens (tertiary/aromatic N) is 2. The van der Waals surface area contributed by atoms with Crippen LogP contribution in [0.25, 0.3) is 0 Å². The van der Waals surface area contributed by atoms with Crippen LogP contribution in [0.15, 0.2) is 0 Å². The maximum absolute atomic E-state index is 7.59. The molecule has 0 bridgehead atoms. The third-order valence-electron chi connectivity index (χ3n) is 0.158. The van der Waals surface area contributed by atoms with Crippen molar-refractivity contribution < 1.29 is 22.4 Å². The maximum atomic E-state index is 7.59. The SMILES string of the molecule is N#CCC#N.[Au]. The van der Waals surface area contributed by atoms with Gasteiger partial charge >= 0.3 is 0 Å². The van der Waals surface area contributed by atoms with Gasteiger partial charge in [-0.15, -0.1) is 0 Å². The molecule has 0 aliphatic rings. The summed E-state index contributed by atoms with van der Waals surface area (Å²) in [5, 5.41) is 15.2. The summed E-state index contributed by atoms with van der Waals surface area (Å²) >= 11 is 0. The van der Waals surface area contributed by atoms with Gasteiger partial charge in [0.05, 0.1) is 12.1 Å². The maximum Gasteiger partial charge on any atom is 0.122 e. The molecule has 1 radical (unpaired) electrons. The predicted molar refractivity (Wildman–Crippen MR) is 15.8 cm³/mol. The predicted octanol–water partition coefficient (Wildman–Crippen LogP) is 0.421. The molecular weight excluding hydrogens is 261 g/mol. The summed E-state index contributed by atoms with van der Waals surface area (Å²) in [6.45, 7) is 0. The molecule has 0 amide bonds. The van der Waals surface area contributed by atoms with Crippen LogP contribution in [0.3, 0.4) is 0 Å². The number of hydrogen-bond acceptors (Lipinski definition) is 2. The zero-order valence-electron chi connectivity index (χ0n) is 2.90. The monoisotopic (exact) mass is 263 g/mol. The Bertz CT molecular complexity index is 73.9. The summed E-state index contributed by atoms with van der Waals surface area (Å²) in [6, 6.07) is 3.31. The zero-order chi connectivity index (χ0) is 4.12. The topological polar surface area (TPSA) is 47.6 Å². The van der Waals surface area contributed by atoms with Crippen LogP contribution < -0.4 is 0 Å². The van der Waals surface area contributed by atoms with Gasteiger partial charge in [-0.3, -0.25) is 0 Å². The van der Waals surface area contributed by atoms with Crippen molar-refractivity contribution in [1.29, 1.82) is 10.5 Å². The van der Waals surface area contributed by atoms with E-state index >= 15 is 0 Å².